The molecule has 0 radical (unpaired) electrons. The number of amides is 1. The van der Waals surface area contributed by atoms with E-state index in [1.54, 1.807) is 24.7 Å². The van der Waals surface area contributed by atoms with E-state index in [1.807, 2.05) is 33.9 Å². The van der Waals surface area contributed by atoms with Crippen LogP contribution in [0.1, 0.15) is 34.8 Å². The third-order valence-corrected chi connectivity index (χ3v) is 4.74. The van der Waals surface area contributed by atoms with Crippen molar-refractivity contribution in [3.63, 3.8) is 0 Å². The number of aromatic nitrogens is 3. The zero-order valence-corrected chi connectivity index (χ0v) is 14.3. The van der Waals surface area contributed by atoms with Crippen LogP contribution in [0.2, 0.25) is 0 Å². The van der Waals surface area contributed by atoms with Gasteiger partial charge in [0.15, 0.2) is 0 Å². The summed E-state index contributed by atoms with van der Waals surface area (Å²) in [7, 11) is 0. The zero-order chi connectivity index (χ0) is 17.9. The van der Waals surface area contributed by atoms with Crippen molar-refractivity contribution in [3.8, 4) is 5.82 Å². The molecule has 0 saturated carbocycles. The van der Waals surface area contributed by atoms with Gasteiger partial charge < -0.3 is 4.90 Å². The van der Waals surface area contributed by atoms with E-state index in [-0.39, 0.29) is 17.6 Å². The summed E-state index contributed by atoms with van der Waals surface area (Å²) >= 11 is 0. The first-order valence-corrected chi connectivity index (χ1v) is 8.71. The van der Waals surface area contributed by atoms with Gasteiger partial charge in [-0.1, -0.05) is 6.07 Å². The molecule has 132 valence electrons. The van der Waals surface area contributed by atoms with Crippen LogP contribution in [0.5, 0.6) is 0 Å². The molecule has 1 amide bonds. The van der Waals surface area contributed by atoms with Gasteiger partial charge in [0.1, 0.15) is 18.0 Å². The van der Waals surface area contributed by atoms with Crippen molar-refractivity contribution in [1.29, 1.82) is 0 Å². The van der Waals surface area contributed by atoms with E-state index in [1.165, 1.54) is 12.1 Å². The Morgan fingerprint density at radius 2 is 2.00 bits per heavy atom. The summed E-state index contributed by atoms with van der Waals surface area (Å²) in [6.45, 7) is 1.34. The summed E-state index contributed by atoms with van der Waals surface area (Å²) in [6.07, 6.45) is 7.22. The fraction of sp³-hybridized carbons (Fsp3) is 0.250. The Labute approximate surface area is 151 Å². The van der Waals surface area contributed by atoms with Gasteiger partial charge in [-0.15, -0.1) is 0 Å². The molecule has 0 aliphatic carbocycles. The van der Waals surface area contributed by atoms with Crippen LogP contribution in [0.4, 0.5) is 4.39 Å². The van der Waals surface area contributed by atoms with Crippen molar-refractivity contribution < 1.29 is 9.18 Å². The predicted octanol–water partition coefficient (Wildman–Crippen LogP) is 3.43. The van der Waals surface area contributed by atoms with Crippen molar-refractivity contribution in [2.45, 2.75) is 18.8 Å². The lowest BCUT2D eigenvalue weighted by Gasteiger charge is -2.32. The maximum Gasteiger partial charge on any atom is 0.253 e. The number of carbonyl (C=O) groups is 1. The first-order valence-electron chi connectivity index (χ1n) is 8.71. The topological polar surface area (TPSA) is 51.0 Å². The summed E-state index contributed by atoms with van der Waals surface area (Å²) in [4.78, 5) is 23.4. The summed E-state index contributed by atoms with van der Waals surface area (Å²) in [5, 5.41) is 0. The van der Waals surface area contributed by atoms with Gasteiger partial charge >= 0.3 is 0 Å². The SMILES string of the molecule is O=C(c1ccc(F)cc1)N1CCCC(c2cccc(-n3ccnc3)n2)C1. The number of piperidine rings is 1. The molecule has 2 aromatic heterocycles. The predicted molar refractivity (Wildman–Crippen MR) is 95.6 cm³/mol. The van der Waals surface area contributed by atoms with Crippen LogP contribution in [-0.2, 0) is 0 Å². The Kier molecular flexibility index (Phi) is 4.48. The Balaban J connectivity index is 1.53. The molecule has 0 N–H and O–H groups in total. The molecule has 1 atom stereocenters. The zero-order valence-electron chi connectivity index (χ0n) is 14.3. The monoisotopic (exact) mass is 350 g/mol. The number of rotatable bonds is 3. The number of hydrogen-bond acceptors (Lipinski definition) is 3. The standard InChI is InChI=1S/C20H19FN4O/c21-17-8-6-15(7-9-17)20(26)24-11-2-3-16(13-24)18-4-1-5-19(23-18)25-12-10-22-14-25/h1,4-10,12,14,16H,2-3,11,13H2. The van der Waals surface area contributed by atoms with Crippen LogP contribution in [-0.4, -0.2) is 38.4 Å². The molecule has 0 bridgehead atoms. The number of hydrogen-bond donors (Lipinski definition) is 0. The van der Waals surface area contributed by atoms with E-state index in [9.17, 15) is 9.18 Å². The van der Waals surface area contributed by atoms with Crippen LogP contribution < -0.4 is 0 Å². The summed E-state index contributed by atoms with van der Waals surface area (Å²) < 4.78 is 15.0. The molecule has 1 fully saturated rings. The van der Waals surface area contributed by atoms with Gasteiger partial charge in [-0.3, -0.25) is 9.36 Å². The number of pyridine rings is 1. The lowest BCUT2D eigenvalue weighted by molar-refractivity contribution is 0.0706. The van der Waals surface area contributed by atoms with Gasteiger partial charge in [0.05, 0.1) is 0 Å². The van der Waals surface area contributed by atoms with Crippen LogP contribution in [0.25, 0.3) is 5.82 Å². The Morgan fingerprint density at radius 1 is 1.15 bits per heavy atom. The second-order valence-corrected chi connectivity index (χ2v) is 6.49. The van der Waals surface area contributed by atoms with Gasteiger partial charge in [0.2, 0.25) is 0 Å². The largest absolute Gasteiger partial charge is 0.338 e. The third-order valence-electron chi connectivity index (χ3n) is 4.74. The van der Waals surface area contributed by atoms with E-state index >= 15 is 0 Å². The molecular formula is C20H19FN4O. The number of halogens is 1. The van der Waals surface area contributed by atoms with E-state index in [0.717, 1.165) is 24.4 Å². The molecule has 3 heterocycles. The van der Waals surface area contributed by atoms with E-state index in [4.69, 9.17) is 4.98 Å². The van der Waals surface area contributed by atoms with Gasteiger partial charge in [0.25, 0.3) is 5.91 Å². The highest BCUT2D eigenvalue weighted by Gasteiger charge is 2.26. The highest BCUT2D eigenvalue weighted by atomic mass is 19.1. The van der Waals surface area contributed by atoms with Crippen molar-refractivity contribution in [2.75, 3.05) is 13.1 Å². The van der Waals surface area contributed by atoms with Crippen molar-refractivity contribution in [1.82, 2.24) is 19.4 Å². The lowest BCUT2D eigenvalue weighted by Crippen LogP contribution is -2.39. The highest BCUT2D eigenvalue weighted by molar-refractivity contribution is 5.94. The van der Waals surface area contributed by atoms with Crippen LogP contribution in [0.3, 0.4) is 0 Å². The second-order valence-electron chi connectivity index (χ2n) is 6.49. The molecule has 5 nitrogen and oxygen atoms in total. The lowest BCUT2D eigenvalue weighted by atomic mass is 9.93. The summed E-state index contributed by atoms with van der Waals surface area (Å²) in [6, 6.07) is 11.7. The molecule has 26 heavy (non-hydrogen) atoms. The van der Waals surface area contributed by atoms with Crippen molar-refractivity contribution >= 4 is 5.91 Å². The first-order chi connectivity index (χ1) is 12.7. The van der Waals surface area contributed by atoms with Gasteiger partial charge in [0, 0.05) is 42.7 Å². The Morgan fingerprint density at radius 3 is 2.77 bits per heavy atom. The molecule has 3 aromatic rings. The number of benzene rings is 1. The highest BCUT2D eigenvalue weighted by Crippen LogP contribution is 2.27. The summed E-state index contributed by atoms with van der Waals surface area (Å²) in [5.41, 5.74) is 1.50. The molecule has 1 aromatic carbocycles. The molecule has 1 aliphatic heterocycles. The van der Waals surface area contributed by atoms with Crippen molar-refractivity contribution in [3.05, 3.63) is 78.3 Å². The summed E-state index contributed by atoms with van der Waals surface area (Å²) in [5.74, 6) is 0.623. The maximum absolute atomic E-state index is 13.1. The van der Waals surface area contributed by atoms with Crippen LogP contribution in [0, 0.1) is 5.82 Å². The molecule has 1 saturated heterocycles. The normalized spacial score (nSPS) is 17.3. The maximum atomic E-state index is 13.1. The Hall–Kier alpha value is -3.02. The van der Waals surface area contributed by atoms with Gasteiger partial charge in [-0.2, -0.15) is 0 Å². The average molecular weight is 350 g/mol. The van der Waals surface area contributed by atoms with Gasteiger partial charge in [-0.25, -0.2) is 14.4 Å². The first kappa shape index (κ1) is 16.4. The minimum absolute atomic E-state index is 0.0551. The molecule has 4 rings (SSSR count). The van der Waals surface area contributed by atoms with Gasteiger partial charge in [-0.05, 0) is 49.2 Å². The quantitative estimate of drug-likeness (QED) is 0.727. The molecule has 1 unspecified atom stereocenters. The minimum Gasteiger partial charge on any atom is -0.338 e. The van der Waals surface area contributed by atoms with E-state index < -0.39 is 0 Å². The third kappa shape index (κ3) is 3.35. The fourth-order valence-corrected chi connectivity index (χ4v) is 3.38. The van der Waals surface area contributed by atoms with Crippen LogP contribution >= 0.6 is 0 Å². The molecule has 6 heteroatoms. The minimum atomic E-state index is -0.335. The van der Waals surface area contributed by atoms with E-state index in [2.05, 4.69) is 4.98 Å². The smallest absolute Gasteiger partial charge is 0.253 e. The average Bonchev–Trinajstić information content (AvgIpc) is 3.23. The number of nitrogens with zero attached hydrogens (tertiary/aromatic N) is 4. The second kappa shape index (κ2) is 7.07. The number of likely N-dealkylation sites (tertiary alicyclic amines) is 1. The van der Waals surface area contributed by atoms with Crippen LogP contribution in [0.15, 0.2) is 61.2 Å². The molecule has 0 spiro atoms. The molecular weight excluding hydrogens is 331 g/mol. The number of carbonyl (C=O) groups excluding carboxylic acids is 1. The Bertz CT molecular complexity index is 892. The van der Waals surface area contributed by atoms with Crippen molar-refractivity contribution in [2.24, 2.45) is 0 Å². The fourth-order valence-electron chi connectivity index (χ4n) is 3.38. The molecule has 1 aliphatic rings. The number of imidazole rings is 1. The van der Waals surface area contributed by atoms with E-state index in [0.29, 0.717) is 18.7 Å².